The van der Waals surface area contributed by atoms with E-state index in [0.29, 0.717) is 22.2 Å². The molecule has 0 amide bonds. The zero-order valence-corrected chi connectivity index (χ0v) is 15.2. The van der Waals surface area contributed by atoms with E-state index in [4.69, 9.17) is 21.7 Å². The third-order valence-corrected chi connectivity index (χ3v) is 3.85. The molecular weight excluding hydrogens is 340 g/mol. The van der Waals surface area contributed by atoms with Crippen molar-refractivity contribution in [2.75, 3.05) is 14.2 Å². The van der Waals surface area contributed by atoms with Crippen molar-refractivity contribution >= 4 is 18.4 Å². The molecule has 9 heteroatoms. The summed E-state index contributed by atoms with van der Waals surface area (Å²) >= 11 is 5.28. The Morgan fingerprint density at radius 1 is 1.20 bits per heavy atom. The molecule has 0 radical (unpaired) electrons. The lowest BCUT2D eigenvalue weighted by Crippen LogP contribution is -2.07. The Labute approximate surface area is 149 Å². The molecule has 0 aliphatic rings. The van der Waals surface area contributed by atoms with Gasteiger partial charge in [0.15, 0.2) is 0 Å². The number of nitrogens with zero attached hydrogens (tertiary/aromatic N) is 5. The number of rotatable bonds is 5. The van der Waals surface area contributed by atoms with E-state index in [9.17, 15) is 0 Å². The van der Waals surface area contributed by atoms with Gasteiger partial charge in [0.05, 0.1) is 26.1 Å². The van der Waals surface area contributed by atoms with Crippen molar-refractivity contribution in [3.63, 3.8) is 0 Å². The average Bonchev–Trinajstić information content (AvgIpc) is 3.14. The summed E-state index contributed by atoms with van der Waals surface area (Å²) in [5.74, 6) is 1.84. The lowest BCUT2D eigenvalue weighted by Gasteiger charge is -2.07. The third-order valence-electron chi connectivity index (χ3n) is 3.59. The molecule has 0 atom stereocenters. The minimum atomic E-state index is 0.367. The van der Waals surface area contributed by atoms with Crippen molar-refractivity contribution in [2.45, 2.75) is 13.8 Å². The number of aromatic nitrogens is 5. The zero-order chi connectivity index (χ0) is 18.0. The smallest absolute Gasteiger partial charge is 0.271 e. The van der Waals surface area contributed by atoms with Gasteiger partial charge in [-0.2, -0.15) is 14.9 Å². The van der Waals surface area contributed by atoms with Gasteiger partial charge in [0.2, 0.25) is 4.77 Å². The fraction of sp³-hybridized carbons (Fsp3) is 0.250. The number of benzene rings is 1. The number of H-pyrrole nitrogens is 1. The third kappa shape index (κ3) is 3.31. The molecule has 0 saturated heterocycles. The van der Waals surface area contributed by atoms with Crippen LogP contribution < -0.4 is 9.47 Å². The Kier molecular flexibility index (Phi) is 4.66. The second-order valence-electron chi connectivity index (χ2n) is 5.33. The molecule has 0 aliphatic carbocycles. The van der Waals surface area contributed by atoms with Crippen LogP contribution in [0.15, 0.2) is 29.4 Å². The SMILES string of the molecule is COc1ccc(/C=N\n2c(-n3nc(C)cc3C)n[nH]c2=S)c(OC)c1. The first kappa shape index (κ1) is 16.9. The van der Waals surface area contributed by atoms with Crippen molar-refractivity contribution in [3.8, 4) is 17.4 Å². The summed E-state index contributed by atoms with van der Waals surface area (Å²) in [6, 6.07) is 7.43. The molecule has 0 saturated carbocycles. The van der Waals surface area contributed by atoms with Gasteiger partial charge in [0.1, 0.15) is 11.5 Å². The van der Waals surface area contributed by atoms with Gasteiger partial charge < -0.3 is 9.47 Å². The molecule has 130 valence electrons. The molecule has 0 fully saturated rings. The molecule has 1 N–H and O–H groups in total. The number of nitrogens with one attached hydrogen (secondary N) is 1. The Morgan fingerprint density at radius 2 is 2.00 bits per heavy atom. The van der Waals surface area contributed by atoms with Crippen molar-refractivity contribution < 1.29 is 9.47 Å². The van der Waals surface area contributed by atoms with E-state index in [2.05, 4.69) is 20.4 Å². The predicted octanol–water partition coefficient (Wildman–Crippen LogP) is 2.64. The Balaban J connectivity index is 2.02. The monoisotopic (exact) mass is 358 g/mol. The van der Waals surface area contributed by atoms with Crippen molar-refractivity contribution in [2.24, 2.45) is 5.10 Å². The molecule has 3 aromatic rings. The first-order chi connectivity index (χ1) is 12.0. The summed E-state index contributed by atoms with van der Waals surface area (Å²) in [6.07, 6.45) is 1.65. The Bertz CT molecular complexity index is 985. The van der Waals surface area contributed by atoms with E-state index in [1.54, 1.807) is 31.2 Å². The lowest BCUT2D eigenvalue weighted by atomic mass is 10.2. The molecule has 3 rings (SSSR count). The molecule has 2 heterocycles. The maximum absolute atomic E-state index is 5.38. The quantitative estimate of drug-likeness (QED) is 0.560. The topological polar surface area (TPSA) is 82.3 Å². The van der Waals surface area contributed by atoms with Crippen LogP contribution in [0.25, 0.3) is 5.95 Å². The van der Waals surface area contributed by atoms with Gasteiger partial charge in [-0.3, -0.25) is 0 Å². The van der Waals surface area contributed by atoms with Crippen LogP contribution in [-0.4, -0.2) is 45.1 Å². The molecular formula is C16H18N6O2S. The minimum absolute atomic E-state index is 0.367. The molecule has 25 heavy (non-hydrogen) atoms. The van der Waals surface area contributed by atoms with Gasteiger partial charge in [0, 0.05) is 17.3 Å². The molecule has 2 aromatic heterocycles. The van der Waals surface area contributed by atoms with Crippen LogP contribution in [0.3, 0.4) is 0 Å². The van der Waals surface area contributed by atoms with E-state index in [1.807, 2.05) is 32.0 Å². The van der Waals surface area contributed by atoms with E-state index in [0.717, 1.165) is 17.0 Å². The first-order valence-electron chi connectivity index (χ1n) is 7.51. The lowest BCUT2D eigenvalue weighted by molar-refractivity contribution is 0.394. The van der Waals surface area contributed by atoms with Crippen LogP contribution in [0.4, 0.5) is 0 Å². The van der Waals surface area contributed by atoms with Gasteiger partial charge in [-0.25, -0.2) is 9.78 Å². The second-order valence-corrected chi connectivity index (χ2v) is 5.72. The predicted molar refractivity (Wildman–Crippen MR) is 96.5 cm³/mol. The number of aryl methyl sites for hydroxylation is 2. The fourth-order valence-electron chi connectivity index (χ4n) is 2.40. The van der Waals surface area contributed by atoms with Crippen LogP contribution in [0, 0.1) is 18.6 Å². The van der Waals surface area contributed by atoms with Crippen molar-refractivity contribution in [3.05, 3.63) is 46.0 Å². The zero-order valence-electron chi connectivity index (χ0n) is 14.3. The summed E-state index contributed by atoms with van der Waals surface area (Å²) in [7, 11) is 3.20. The fourth-order valence-corrected chi connectivity index (χ4v) is 2.58. The van der Waals surface area contributed by atoms with Crippen molar-refractivity contribution in [1.29, 1.82) is 0 Å². The first-order valence-corrected chi connectivity index (χ1v) is 7.91. The Hall–Kier alpha value is -2.94. The minimum Gasteiger partial charge on any atom is -0.497 e. The number of aromatic amines is 1. The van der Waals surface area contributed by atoms with Gasteiger partial charge in [-0.1, -0.05) is 0 Å². The number of hydrogen-bond donors (Lipinski definition) is 1. The second kappa shape index (κ2) is 6.89. The molecule has 0 bridgehead atoms. The molecule has 0 spiro atoms. The van der Waals surface area contributed by atoms with Crippen LogP contribution in [0.1, 0.15) is 17.0 Å². The maximum Gasteiger partial charge on any atom is 0.271 e. The highest BCUT2D eigenvalue weighted by atomic mass is 32.1. The standard InChI is InChI=1S/C16H18N6O2S/c1-10-7-11(2)21(20-10)15-18-19-16(25)22(15)17-9-12-5-6-13(23-3)8-14(12)24-4/h5-9H,1-4H3,(H,19,25)/b17-9-. The van der Waals surface area contributed by atoms with E-state index in [-0.39, 0.29) is 0 Å². The number of hydrogen-bond acceptors (Lipinski definition) is 6. The average molecular weight is 358 g/mol. The highest BCUT2D eigenvalue weighted by Gasteiger charge is 2.12. The van der Waals surface area contributed by atoms with E-state index in [1.165, 1.54) is 4.68 Å². The normalized spacial score (nSPS) is 11.2. The molecule has 0 aliphatic heterocycles. The summed E-state index contributed by atoms with van der Waals surface area (Å²) < 4.78 is 14.1. The highest BCUT2D eigenvalue weighted by Crippen LogP contribution is 2.23. The highest BCUT2D eigenvalue weighted by molar-refractivity contribution is 7.71. The molecule has 1 aromatic carbocycles. The van der Waals surface area contributed by atoms with E-state index >= 15 is 0 Å². The van der Waals surface area contributed by atoms with Crippen LogP contribution >= 0.6 is 12.2 Å². The summed E-state index contributed by atoms with van der Waals surface area (Å²) in [5.41, 5.74) is 2.61. The number of ether oxygens (including phenoxy) is 2. The maximum atomic E-state index is 5.38. The molecule has 8 nitrogen and oxygen atoms in total. The summed E-state index contributed by atoms with van der Waals surface area (Å²) in [5, 5.41) is 15.8. The van der Waals surface area contributed by atoms with Crippen LogP contribution in [-0.2, 0) is 0 Å². The molecule has 0 unspecified atom stereocenters. The summed E-state index contributed by atoms with van der Waals surface area (Å²) in [4.78, 5) is 0. The van der Waals surface area contributed by atoms with Crippen molar-refractivity contribution in [1.82, 2.24) is 24.7 Å². The van der Waals surface area contributed by atoms with E-state index < -0.39 is 0 Å². The largest absolute Gasteiger partial charge is 0.497 e. The van der Waals surface area contributed by atoms with Crippen LogP contribution in [0.2, 0.25) is 0 Å². The number of methoxy groups -OCH3 is 2. The van der Waals surface area contributed by atoms with Gasteiger partial charge in [-0.05, 0) is 44.3 Å². The summed E-state index contributed by atoms with van der Waals surface area (Å²) in [6.45, 7) is 3.86. The van der Waals surface area contributed by atoms with Gasteiger partial charge in [-0.15, -0.1) is 5.10 Å². The van der Waals surface area contributed by atoms with Gasteiger partial charge in [0.25, 0.3) is 5.95 Å². The Morgan fingerprint density at radius 3 is 2.64 bits per heavy atom. The van der Waals surface area contributed by atoms with Crippen LogP contribution in [0.5, 0.6) is 11.5 Å². The van der Waals surface area contributed by atoms with Gasteiger partial charge >= 0.3 is 0 Å².